The Bertz CT molecular complexity index is 299. The van der Waals surface area contributed by atoms with Crippen LogP contribution in [0.2, 0.25) is 0 Å². The van der Waals surface area contributed by atoms with Crippen molar-refractivity contribution in [1.29, 1.82) is 0 Å². The second-order valence-electron chi connectivity index (χ2n) is 3.75. The molecule has 0 spiro atoms. The molecule has 82 valence electrons. The monoisotopic (exact) mass is 210 g/mol. The molecule has 0 aromatic rings. The van der Waals surface area contributed by atoms with Gasteiger partial charge in [-0.2, -0.15) is 0 Å². The summed E-state index contributed by atoms with van der Waals surface area (Å²) in [5, 5.41) is 0. The molecule has 0 N–H and O–H groups in total. The van der Waals surface area contributed by atoms with Crippen LogP contribution in [0.4, 0.5) is 4.79 Å². The van der Waals surface area contributed by atoms with Crippen molar-refractivity contribution in [2.75, 3.05) is 6.61 Å². The van der Waals surface area contributed by atoms with Crippen LogP contribution in [0.3, 0.4) is 0 Å². The standard InChI is InChI=1S/C11H14O4/c1-3-5-11-8(13-6-4-2)7-9(11)14-10(12)15-11/h3-4,8-9H,1-2,5-7H2. The average Bonchev–Trinajstić information content (AvgIpc) is 2.43. The summed E-state index contributed by atoms with van der Waals surface area (Å²) in [5.74, 6) is 0. The third-order valence-corrected chi connectivity index (χ3v) is 2.91. The predicted octanol–water partition coefficient (Wildman–Crippen LogP) is 1.81. The van der Waals surface area contributed by atoms with E-state index in [-0.39, 0.29) is 12.2 Å². The highest BCUT2D eigenvalue weighted by atomic mass is 16.8. The van der Waals surface area contributed by atoms with Gasteiger partial charge in [-0.15, -0.1) is 13.2 Å². The van der Waals surface area contributed by atoms with Crippen molar-refractivity contribution in [2.24, 2.45) is 0 Å². The van der Waals surface area contributed by atoms with Crippen LogP contribution in [0.1, 0.15) is 12.8 Å². The molecule has 2 rings (SSSR count). The minimum absolute atomic E-state index is 0.107. The lowest BCUT2D eigenvalue weighted by Crippen LogP contribution is -2.62. The van der Waals surface area contributed by atoms with Crippen LogP contribution in [0, 0.1) is 0 Å². The van der Waals surface area contributed by atoms with E-state index in [9.17, 15) is 4.79 Å². The van der Waals surface area contributed by atoms with Crippen LogP contribution in [-0.2, 0) is 14.2 Å². The number of fused-ring (bicyclic) bond motifs is 1. The highest BCUT2D eigenvalue weighted by molar-refractivity contribution is 5.64. The summed E-state index contributed by atoms with van der Waals surface area (Å²) in [6.07, 6.45) is 3.75. The Hall–Kier alpha value is -1.29. The molecule has 3 atom stereocenters. The molecule has 2 fully saturated rings. The Morgan fingerprint density at radius 3 is 2.93 bits per heavy atom. The van der Waals surface area contributed by atoms with Gasteiger partial charge < -0.3 is 14.2 Å². The first kappa shape index (κ1) is 10.2. The second-order valence-corrected chi connectivity index (χ2v) is 3.75. The molecule has 0 aromatic heterocycles. The SMILES string of the molecule is C=CCOC1CC2OC(=O)OC12CC=C. The minimum Gasteiger partial charge on any atom is -0.426 e. The summed E-state index contributed by atoms with van der Waals surface area (Å²) in [7, 11) is 0. The molecule has 3 unspecified atom stereocenters. The van der Waals surface area contributed by atoms with E-state index in [4.69, 9.17) is 14.2 Å². The molecule has 0 amide bonds. The van der Waals surface area contributed by atoms with Crippen LogP contribution >= 0.6 is 0 Å². The Morgan fingerprint density at radius 1 is 1.53 bits per heavy atom. The fourth-order valence-corrected chi connectivity index (χ4v) is 2.14. The van der Waals surface area contributed by atoms with Crippen molar-refractivity contribution in [2.45, 2.75) is 30.7 Å². The smallest absolute Gasteiger partial charge is 0.426 e. The maximum Gasteiger partial charge on any atom is 0.509 e. The molecule has 4 nitrogen and oxygen atoms in total. The Kier molecular flexibility index (Phi) is 2.52. The third-order valence-electron chi connectivity index (χ3n) is 2.91. The van der Waals surface area contributed by atoms with Crippen LogP contribution in [0.15, 0.2) is 25.3 Å². The van der Waals surface area contributed by atoms with Gasteiger partial charge >= 0.3 is 6.16 Å². The minimum atomic E-state index is -0.637. The first-order valence-electron chi connectivity index (χ1n) is 4.96. The van der Waals surface area contributed by atoms with Crippen molar-refractivity contribution in [3.8, 4) is 0 Å². The van der Waals surface area contributed by atoms with Crippen molar-refractivity contribution in [3.63, 3.8) is 0 Å². The van der Waals surface area contributed by atoms with Crippen LogP contribution in [-0.4, -0.2) is 30.6 Å². The molecular formula is C11H14O4. The summed E-state index contributed by atoms with van der Waals surface area (Å²) in [6, 6.07) is 0. The van der Waals surface area contributed by atoms with E-state index in [1.54, 1.807) is 12.2 Å². The van der Waals surface area contributed by atoms with E-state index in [0.29, 0.717) is 19.4 Å². The van der Waals surface area contributed by atoms with Crippen molar-refractivity contribution in [1.82, 2.24) is 0 Å². The van der Waals surface area contributed by atoms with Gasteiger partial charge in [-0.3, -0.25) is 0 Å². The van der Waals surface area contributed by atoms with Gasteiger partial charge in [-0.25, -0.2) is 4.79 Å². The van der Waals surface area contributed by atoms with E-state index in [2.05, 4.69) is 13.2 Å². The number of hydrogen-bond donors (Lipinski definition) is 0. The maximum atomic E-state index is 11.0. The normalized spacial score (nSPS) is 37.2. The molecule has 2 aliphatic rings. The average molecular weight is 210 g/mol. The zero-order valence-corrected chi connectivity index (χ0v) is 8.48. The number of rotatable bonds is 5. The second kappa shape index (κ2) is 3.70. The molecule has 0 radical (unpaired) electrons. The van der Waals surface area contributed by atoms with Gasteiger partial charge in [0.25, 0.3) is 0 Å². The Balaban J connectivity index is 2.06. The van der Waals surface area contributed by atoms with E-state index in [1.807, 2.05) is 0 Å². The van der Waals surface area contributed by atoms with Crippen molar-refractivity contribution < 1.29 is 19.0 Å². The predicted molar refractivity (Wildman–Crippen MR) is 53.5 cm³/mol. The van der Waals surface area contributed by atoms with E-state index in [1.165, 1.54) is 0 Å². The van der Waals surface area contributed by atoms with Gasteiger partial charge in [-0.1, -0.05) is 12.2 Å². The number of carbonyl (C=O) groups is 1. The quantitative estimate of drug-likeness (QED) is 0.512. The summed E-state index contributed by atoms with van der Waals surface area (Å²) in [5.41, 5.74) is -0.637. The molecule has 0 bridgehead atoms. The first-order valence-corrected chi connectivity index (χ1v) is 4.96. The summed E-state index contributed by atoms with van der Waals surface area (Å²) in [6.45, 7) is 7.68. The molecule has 0 aromatic carbocycles. The lowest BCUT2D eigenvalue weighted by atomic mass is 9.72. The molecule has 1 aliphatic carbocycles. The van der Waals surface area contributed by atoms with Gasteiger partial charge in [0.1, 0.15) is 6.10 Å². The Labute approximate surface area is 88.5 Å². The zero-order chi connectivity index (χ0) is 10.9. The molecule has 1 heterocycles. The highest BCUT2D eigenvalue weighted by Crippen LogP contribution is 2.47. The summed E-state index contributed by atoms with van der Waals surface area (Å²) >= 11 is 0. The van der Waals surface area contributed by atoms with Crippen LogP contribution in [0.25, 0.3) is 0 Å². The zero-order valence-electron chi connectivity index (χ0n) is 8.48. The molecule has 1 saturated carbocycles. The van der Waals surface area contributed by atoms with Gasteiger partial charge in [0.15, 0.2) is 11.7 Å². The molecule has 4 heteroatoms. The van der Waals surface area contributed by atoms with E-state index < -0.39 is 11.8 Å². The van der Waals surface area contributed by atoms with E-state index >= 15 is 0 Å². The largest absolute Gasteiger partial charge is 0.509 e. The lowest BCUT2D eigenvalue weighted by molar-refractivity contribution is -0.176. The molecular weight excluding hydrogens is 196 g/mol. The molecule has 15 heavy (non-hydrogen) atoms. The van der Waals surface area contributed by atoms with Gasteiger partial charge in [0.2, 0.25) is 0 Å². The summed E-state index contributed by atoms with van der Waals surface area (Å²) < 4.78 is 15.7. The highest BCUT2D eigenvalue weighted by Gasteiger charge is 2.65. The number of carbonyl (C=O) groups excluding carboxylic acids is 1. The topological polar surface area (TPSA) is 44.8 Å². The first-order chi connectivity index (χ1) is 7.23. The number of hydrogen-bond acceptors (Lipinski definition) is 4. The fraction of sp³-hybridized carbons (Fsp3) is 0.545. The maximum absolute atomic E-state index is 11.0. The van der Waals surface area contributed by atoms with Crippen molar-refractivity contribution in [3.05, 3.63) is 25.3 Å². The molecule has 1 aliphatic heterocycles. The van der Waals surface area contributed by atoms with Gasteiger partial charge in [-0.05, 0) is 0 Å². The third kappa shape index (κ3) is 1.45. The lowest BCUT2D eigenvalue weighted by Gasteiger charge is -2.46. The van der Waals surface area contributed by atoms with Gasteiger partial charge in [0, 0.05) is 12.8 Å². The van der Waals surface area contributed by atoms with Crippen molar-refractivity contribution >= 4 is 6.16 Å². The molecule has 1 saturated heterocycles. The summed E-state index contributed by atoms with van der Waals surface area (Å²) in [4.78, 5) is 11.0. The van der Waals surface area contributed by atoms with Crippen LogP contribution in [0.5, 0.6) is 0 Å². The number of ether oxygens (including phenoxy) is 3. The Morgan fingerprint density at radius 2 is 2.33 bits per heavy atom. The fourth-order valence-electron chi connectivity index (χ4n) is 2.14. The van der Waals surface area contributed by atoms with Gasteiger partial charge in [0.05, 0.1) is 6.61 Å². The van der Waals surface area contributed by atoms with E-state index in [0.717, 1.165) is 0 Å². The van der Waals surface area contributed by atoms with Crippen LogP contribution < -0.4 is 0 Å².